The number of ether oxygens (including phenoxy) is 2. The molecule has 0 aliphatic carbocycles. The number of piperidine rings is 1. The van der Waals surface area contributed by atoms with Gasteiger partial charge in [-0.25, -0.2) is 4.39 Å². The van der Waals surface area contributed by atoms with Crippen LogP contribution in [0, 0.1) is 5.82 Å². The second-order valence-electron chi connectivity index (χ2n) is 4.97. The average molecular weight is 286 g/mol. The van der Waals surface area contributed by atoms with E-state index in [0.717, 1.165) is 32.2 Å². The summed E-state index contributed by atoms with van der Waals surface area (Å²) in [6.45, 7) is 2.00. The lowest BCUT2D eigenvalue weighted by atomic mass is 9.96. The predicted molar refractivity (Wildman–Crippen MR) is 71.6 cm³/mol. The Morgan fingerprint density at radius 3 is 2.84 bits per heavy atom. The summed E-state index contributed by atoms with van der Waals surface area (Å²) in [5.41, 5.74) is 0.592. The molecular weight excluding hydrogens is 269 g/mol. The zero-order valence-corrected chi connectivity index (χ0v) is 11.4. The van der Waals surface area contributed by atoms with Crippen LogP contribution in [0.3, 0.4) is 0 Å². The third kappa shape index (κ3) is 2.51. The average Bonchev–Trinajstić information content (AvgIpc) is 2.69. The van der Waals surface area contributed by atoms with Gasteiger partial charge in [-0.05, 0) is 25.5 Å². The van der Waals surface area contributed by atoms with Gasteiger partial charge in [0, 0.05) is 18.0 Å². The van der Waals surface area contributed by atoms with Gasteiger partial charge in [-0.1, -0.05) is 18.0 Å². The van der Waals surface area contributed by atoms with Gasteiger partial charge in [0.15, 0.2) is 17.3 Å². The molecule has 3 nitrogen and oxygen atoms in total. The molecule has 1 atom stereocenters. The maximum absolute atomic E-state index is 14.4. The van der Waals surface area contributed by atoms with Crippen LogP contribution < -0.4 is 14.8 Å². The van der Waals surface area contributed by atoms with Crippen molar-refractivity contribution in [3.05, 3.63) is 22.5 Å². The Bertz CT molecular complexity index is 475. The number of hydrogen-bond donors (Lipinski definition) is 1. The van der Waals surface area contributed by atoms with E-state index >= 15 is 0 Å². The number of hydrogen-bond acceptors (Lipinski definition) is 3. The predicted octanol–water partition coefficient (Wildman–Crippen LogP) is 3.46. The minimum atomic E-state index is -0.384. The topological polar surface area (TPSA) is 30.5 Å². The number of rotatable bonds is 1. The summed E-state index contributed by atoms with van der Waals surface area (Å²) in [4.78, 5) is 0. The minimum absolute atomic E-state index is 0.0170. The molecule has 2 aliphatic heterocycles. The smallest absolute Gasteiger partial charge is 0.182 e. The van der Waals surface area contributed by atoms with E-state index in [9.17, 15) is 4.39 Å². The van der Waals surface area contributed by atoms with E-state index in [2.05, 4.69) is 5.32 Å². The molecule has 1 saturated heterocycles. The molecule has 19 heavy (non-hydrogen) atoms. The van der Waals surface area contributed by atoms with Crippen LogP contribution in [0.2, 0.25) is 5.02 Å². The van der Waals surface area contributed by atoms with Gasteiger partial charge in [0.25, 0.3) is 0 Å². The van der Waals surface area contributed by atoms with Gasteiger partial charge >= 0.3 is 0 Å². The highest BCUT2D eigenvalue weighted by molar-refractivity contribution is 6.32. The monoisotopic (exact) mass is 285 g/mol. The van der Waals surface area contributed by atoms with Gasteiger partial charge in [0.1, 0.15) is 5.02 Å². The molecule has 1 fully saturated rings. The first-order valence-corrected chi connectivity index (χ1v) is 7.16. The lowest BCUT2D eigenvalue weighted by molar-refractivity contribution is 0.296. The van der Waals surface area contributed by atoms with Crippen LogP contribution in [0.15, 0.2) is 6.07 Å². The normalized spacial score (nSPS) is 22.9. The Labute approximate surface area is 117 Å². The third-order valence-corrected chi connectivity index (χ3v) is 3.97. The molecule has 104 valence electrons. The van der Waals surface area contributed by atoms with Crippen molar-refractivity contribution in [1.29, 1.82) is 0 Å². The molecule has 0 radical (unpaired) electrons. The van der Waals surface area contributed by atoms with Crippen molar-refractivity contribution in [2.45, 2.75) is 31.7 Å². The van der Waals surface area contributed by atoms with Crippen LogP contribution in [0.5, 0.6) is 11.5 Å². The van der Waals surface area contributed by atoms with E-state index in [4.69, 9.17) is 21.1 Å². The number of nitrogens with one attached hydrogen (secondary N) is 1. The van der Waals surface area contributed by atoms with Crippen LogP contribution in [-0.4, -0.2) is 19.8 Å². The van der Waals surface area contributed by atoms with E-state index < -0.39 is 0 Å². The fourth-order valence-electron chi connectivity index (χ4n) is 2.63. The first-order valence-electron chi connectivity index (χ1n) is 6.78. The van der Waals surface area contributed by atoms with E-state index in [1.54, 1.807) is 6.07 Å². The van der Waals surface area contributed by atoms with Crippen LogP contribution >= 0.6 is 11.6 Å². The first kappa shape index (κ1) is 13.0. The minimum Gasteiger partial charge on any atom is -0.489 e. The van der Waals surface area contributed by atoms with E-state index in [-0.39, 0.29) is 16.9 Å². The maximum atomic E-state index is 14.4. The summed E-state index contributed by atoms with van der Waals surface area (Å²) in [7, 11) is 0. The summed E-state index contributed by atoms with van der Waals surface area (Å²) >= 11 is 6.10. The van der Waals surface area contributed by atoms with Gasteiger partial charge in [0.2, 0.25) is 0 Å². The van der Waals surface area contributed by atoms with Crippen molar-refractivity contribution < 1.29 is 13.9 Å². The fraction of sp³-hybridized carbons (Fsp3) is 0.571. The van der Waals surface area contributed by atoms with E-state index in [1.807, 2.05) is 0 Å². The van der Waals surface area contributed by atoms with E-state index in [0.29, 0.717) is 30.3 Å². The molecule has 0 spiro atoms. The second-order valence-corrected chi connectivity index (χ2v) is 5.35. The zero-order chi connectivity index (χ0) is 13.2. The number of benzene rings is 1. The molecule has 0 bridgehead atoms. The summed E-state index contributed by atoms with van der Waals surface area (Å²) in [6, 6.07) is 1.76. The summed E-state index contributed by atoms with van der Waals surface area (Å²) in [5, 5.41) is 3.37. The number of fused-ring (bicyclic) bond motifs is 1. The Morgan fingerprint density at radius 2 is 2.05 bits per heavy atom. The van der Waals surface area contributed by atoms with Crippen molar-refractivity contribution in [3.8, 4) is 11.5 Å². The molecule has 1 N–H and O–H groups in total. The summed E-state index contributed by atoms with van der Waals surface area (Å²) in [6.07, 6.45) is 3.94. The van der Waals surface area contributed by atoms with Crippen molar-refractivity contribution in [3.63, 3.8) is 0 Å². The molecule has 5 heteroatoms. The van der Waals surface area contributed by atoms with Crippen molar-refractivity contribution in [1.82, 2.24) is 5.32 Å². The van der Waals surface area contributed by atoms with E-state index in [1.165, 1.54) is 0 Å². The first-order chi connectivity index (χ1) is 9.27. The summed E-state index contributed by atoms with van der Waals surface area (Å²) < 4.78 is 25.5. The van der Waals surface area contributed by atoms with Crippen LogP contribution in [0.4, 0.5) is 4.39 Å². The van der Waals surface area contributed by atoms with Crippen LogP contribution in [-0.2, 0) is 0 Å². The molecule has 0 saturated carbocycles. The Kier molecular flexibility index (Phi) is 3.80. The molecule has 1 aromatic rings. The molecule has 0 aromatic heterocycles. The lowest BCUT2D eigenvalue weighted by Gasteiger charge is -2.25. The van der Waals surface area contributed by atoms with Crippen molar-refractivity contribution in [2.24, 2.45) is 0 Å². The molecule has 1 unspecified atom stereocenters. The SMILES string of the molecule is Fc1c(C2CCCCN2)cc2c(c1Cl)OCCCO2. The van der Waals surface area contributed by atoms with Gasteiger partial charge < -0.3 is 14.8 Å². The van der Waals surface area contributed by atoms with Gasteiger partial charge in [0.05, 0.1) is 13.2 Å². The van der Waals surface area contributed by atoms with Crippen LogP contribution in [0.1, 0.15) is 37.3 Å². The quantitative estimate of drug-likeness (QED) is 0.857. The molecule has 3 rings (SSSR count). The molecule has 1 aromatic carbocycles. The Morgan fingerprint density at radius 1 is 1.21 bits per heavy atom. The number of halogens is 2. The third-order valence-electron chi connectivity index (χ3n) is 3.63. The maximum Gasteiger partial charge on any atom is 0.182 e. The summed E-state index contributed by atoms with van der Waals surface area (Å²) in [5.74, 6) is 0.521. The second kappa shape index (κ2) is 5.55. The van der Waals surface area contributed by atoms with Crippen molar-refractivity contribution in [2.75, 3.05) is 19.8 Å². The highest BCUT2D eigenvalue weighted by Gasteiger charge is 2.26. The molecule has 2 aliphatic rings. The van der Waals surface area contributed by atoms with Gasteiger partial charge in [-0.3, -0.25) is 0 Å². The zero-order valence-electron chi connectivity index (χ0n) is 10.7. The van der Waals surface area contributed by atoms with Gasteiger partial charge in [-0.2, -0.15) is 0 Å². The molecule has 0 amide bonds. The Hall–Kier alpha value is -1.00. The molecular formula is C14H17ClFNO2. The highest BCUT2D eigenvalue weighted by atomic mass is 35.5. The largest absolute Gasteiger partial charge is 0.489 e. The van der Waals surface area contributed by atoms with Crippen LogP contribution in [0.25, 0.3) is 0 Å². The van der Waals surface area contributed by atoms with Crippen molar-refractivity contribution >= 4 is 11.6 Å². The lowest BCUT2D eigenvalue weighted by Crippen LogP contribution is -2.27. The van der Waals surface area contributed by atoms with Gasteiger partial charge in [-0.15, -0.1) is 0 Å². The highest BCUT2D eigenvalue weighted by Crippen LogP contribution is 2.42. The fourth-order valence-corrected chi connectivity index (χ4v) is 2.89. The molecule has 2 heterocycles. The Balaban J connectivity index is 2.00. The standard InChI is InChI=1S/C14H17ClFNO2/c15-12-13(16)9(10-4-1-2-5-17-10)8-11-14(12)19-7-3-6-18-11/h8,10,17H,1-7H2.